The SMILES string of the molecule is CC1(C)N([O])C(c2ccc3c(c2)S/C(=C2\SC4=C(SCCS4)[Se]2)S3)=[N+]([O-])C1(C)C. The van der Waals surface area contributed by atoms with E-state index in [1.165, 1.54) is 28.7 Å². The maximum absolute atomic E-state index is 13.0. The topological polar surface area (TPSA) is 49.2 Å². The van der Waals surface area contributed by atoms with Gasteiger partial charge in [-0.3, -0.25) is 0 Å². The molecule has 5 rings (SSSR count). The fourth-order valence-electron chi connectivity index (χ4n) is 3.26. The molecule has 0 atom stereocenters. The summed E-state index contributed by atoms with van der Waals surface area (Å²) in [4.78, 5) is 2.36. The van der Waals surface area contributed by atoms with Crippen LogP contribution in [-0.2, 0) is 5.21 Å². The van der Waals surface area contributed by atoms with Crippen molar-refractivity contribution in [2.75, 3.05) is 11.5 Å². The van der Waals surface area contributed by atoms with E-state index < -0.39 is 11.1 Å². The first-order chi connectivity index (χ1) is 13.7. The molecule has 1 radical (unpaired) electrons. The second-order valence-corrected chi connectivity index (χ2v) is 17.1. The monoisotopic (exact) mass is 547 g/mol. The van der Waals surface area contributed by atoms with Gasteiger partial charge in [0.25, 0.3) is 0 Å². The Hall–Kier alpha value is 0.199. The standard InChI is InChI=1S/C19H19N2O2S5Se/c1-18(2)19(3,4)21(23)13(20(18)22)10-5-6-11-12(9-10)27-15(26-11)17-28-14-16(29-17)25-8-7-24-14/h5-6,9H,7-8H2,1-4H3/b17-15+. The van der Waals surface area contributed by atoms with E-state index in [1.807, 2.05) is 86.9 Å². The fraction of sp³-hybridized carbons (Fsp3) is 0.421. The van der Waals surface area contributed by atoms with Gasteiger partial charge < -0.3 is 0 Å². The minimum atomic E-state index is -0.790. The predicted molar refractivity (Wildman–Crippen MR) is 129 cm³/mol. The van der Waals surface area contributed by atoms with Crippen LogP contribution in [0.15, 0.2) is 44.1 Å². The number of rotatable bonds is 1. The summed E-state index contributed by atoms with van der Waals surface area (Å²) in [7, 11) is 0. The van der Waals surface area contributed by atoms with Gasteiger partial charge in [0, 0.05) is 0 Å². The van der Waals surface area contributed by atoms with E-state index in [0.29, 0.717) is 20.5 Å². The van der Waals surface area contributed by atoms with Crippen LogP contribution in [-0.4, -0.2) is 53.2 Å². The van der Waals surface area contributed by atoms with Crippen LogP contribution in [0.5, 0.6) is 0 Å². The summed E-state index contributed by atoms with van der Waals surface area (Å²) >= 11 is 10.0. The van der Waals surface area contributed by atoms with Crippen LogP contribution in [0.1, 0.15) is 33.3 Å². The van der Waals surface area contributed by atoms with Crippen molar-refractivity contribution in [2.24, 2.45) is 0 Å². The summed E-state index contributed by atoms with van der Waals surface area (Å²) in [5.41, 5.74) is -0.873. The normalized spacial score (nSPS) is 27.7. The number of hydroxylamine groups is 3. The predicted octanol–water partition coefficient (Wildman–Crippen LogP) is 5.54. The molecule has 0 spiro atoms. The minimum absolute atomic E-state index is 0.221. The number of benzene rings is 1. The molecule has 4 aliphatic heterocycles. The second kappa shape index (κ2) is 7.37. The average molecular weight is 547 g/mol. The van der Waals surface area contributed by atoms with Gasteiger partial charge in [-0.25, -0.2) is 0 Å². The molecule has 1 aromatic carbocycles. The summed E-state index contributed by atoms with van der Waals surface area (Å²) in [5.74, 6) is 2.65. The molecule has 0 unspecified atom stereocenters. The van der Waals surface area contributed by atoms with Gasteiger partial charge in [0.1, 0.15) is 0 Å². The van der Waals surface area contributed by atoms with Crippen LogP contribution in [0, 0.1) is 5.21 Å². The van der Waals surface area contributed by atoms with Crippen molar-refractivity contribution >= 4 is 79.6 Å². The molecule has 0 fully saturated rings. The maximum atomic E-state index is 13.0. The molecule has 0 N–H and O–H groups in total. The number of amidine groups is 1. The van der Waals surface area contributed by atoms with Crippen molar-refractivity contribution in [3.05, 3.63) is 45.1 Å². The van der Waals surface area contributed by atoms with Crippen LogP contribution in [0.25, 0.3) is 0 Å². The first kappa shape index (κ1) is 21.1. The molecule has 4 nitrogen and oxygen atoms in total. The van der Waals surface area contributed by atoms with Crippen molar-refractivity contribution in [1.82, 2.24) is 5.06 Å². The Labute approximate surface area is 198 Å². The molecular weight excluding hydrogens is 528 g/mol. The molecule has 0 aromatic heterocycles. The Morgan fingerprint density at radius 1 is 1.00 bits per heavy atom. The van der Waals surface area contributed by atoms with Crippen LogP contribution in [0.2, 0.25) is 0 Å². The Bertz CT molecular complexity index is 998. The van der Waals surface area contributed by atoms with Gasteiger partial charge in [-0.2, -0.15) is 0 Å². The van der Waals surface area contributed by atoms with Crippen molar-refractivity contribution in [3.63, 3.8) is 0 Å². The van der Waals surface area contributed by atoms with Gasteiger partial charge in [-0.1, -0.05) is 0 Å². The van der Waals surface area contributed by atoms with Gasteiger partial charge in [0.15, 0.2) is 0 Å². The van der Waals surface area contributed by atoms with Crippen molar-refractivity contribution in [3.8, 4) is 0 Å². The van der Waals surface area contributed by atoms with E-state index in [1.54, 1.807) is 15.6 Å². The summed E-state index contributed by atoms with van der Waals surface area (Å²) in [6.45, 7) is 7.34. The molecule has 1 aromatic rings. The van der Waals surface area contributed by atoms with Gasteiger partial charge in [-0.15, -0.1) is 0 Å². The van der Waals surface area contributed by atoms with Crippen LogP contribution < -0.4 is 0 Å². The van der Waals surface area contributed by atoms with Crippen molar-refractivity contribution in [2.45, 2.75) is 48.6 Å². The third-order valence-corrected chi connectivity index (χ3v) is 17.1. The zero-order valence-corrected chi connectivity index (χ0v) is 22.1. The van der Waals surface area contributed by atoms with E-state index in [2.05, 4.69) is 6.07 Å². The first-order valence-corrected chi connectivity index (χ1v) is 15.2. The molecule has 0 saturated heterocycles. The molecule has 10 heteroatoms. The Kier molecular flexibility index (Phi) is 5.35. The quantitative estimate of drug-likeness (QED) is 0.260. The van der Waals surface area contributed by atoms with E-state index in [-0.39, 0.29) is 5.84 Å². The molecule has 153 valence electrons. The van der Waals surface area contributed by atoms with Gasteiger partial charge in [-0.05, 0) is 0 Å². The van der Waals surface area contributed by atoms with E-state index in [9.17, 15) is 10.4 Å². The number of thioether (sulfide) groups is 5. The number of hydrogen-bond acceptors (Lipinski definition) is 7. The van der Waals surface area contributed by atoms with Crippen molar-refractivity contribution < 1.29 is 9.95 Å². The fourth-order valence-corrected chi connectivity index (χ4v) is 14.9. The third-order valence-electron chi connectivity index (χ3n) is 5.76. The van der Waals surface area contributed by atoms with E-state index in [0.717, 1.165) is 14.7 Å². The molecule has 29 heavy (non-hydrogen) atoms. The van der Waals surface area contributed by atoms with Gasteiger partial charge in [0.2, 0.25) is 0 Å². The number of hydrogen-bond donors (Lipinski definition) is 0. The van der Waals surface area contributed by atoms with Crippen molar-refractivity contribution in [1.29, 1.82) is 0 Å². The molecule has 0 bridgehead atoms. The summed E-state index contributed by atoms with van der Waals surface area (Å²) in [5, 5.41) is 26.9. The van der Waals surface area contributed by atoms with Crippen LogP contribution in [0.4, 0.5) is 0 Å². The molecule has 0 saturated carbocycles. The zero-order chi connectivity index (χ0) is 20.6. The summed E-state index contributed by atoms with van der Waals surface area (Å²) < 4.78 is 6.87. The first-order valence-electron chi connectivity index (χ1n) is 9.12. The number of nitrogens with zero attached hydrogens (tertiary/aromatic N) is 2. The van der Waals surface area contributed by atoms with E-state index >= 15 is 0 Å². The third kappa shape index (κ3) is 3.25. The Morgan fingerprint density at radius 2 is 1.72 bits per heavy atom. The number of fused-ring (bicyclic) bond motifs is 1. The van der Waals surface area contributed by atoms with Crippen LogP contribution in [0.3, 0.4) is 0 Å². The zero-order valence-electron chi connectivity index (χ0n) is 16.3. The van der Waals surface area contributed by atoms with Crippen LogP contribution >= 0.6 is 58.8 Å². The van der Waals surface area contributed by atoms with Gasteiger partial charge >= 0.3 is 200 Å². The molecule has 0 aliphatic carbocycles. The summed E-state index contributed by atoms with van der Waals surface area (Å²) in [6, 6.07) is 6.00. The Morgan fingerprint density at radius 3 is 2.41 bits per heavy atom. The van der Waals surface area contributed by atoms with Gasteiger partial charge in [0.05, 0.1) is 0 Å². The average Bonchev–Trinajstić information content (AvgIpc) is 3.33. The molecule has 4 aliphatic rings. The molecule has 4 heterocycles. The summed E-state index contributed by atoms with van der Waals surface area (Å²) in [6.07, 6.45) is 0. The van der Waals surface area contributed by atoms with E-state index in [4.69, 9.17) is 0 Å². The Balaban J connectivity index is 1.45. The molecule has 0 amide bonds. The molecular formula is C19H19N2O2S5Se. The second-order valence-electron chi connectivity index (χ2n) is 7.95.